The number of benzene rings is 1. The second-order valence-corrected chi connectivity index (χ2v) is 6.22. The maximum atomic E-state index is 12.0. The first-order valence-electron chi connectivity index (χ1n) is 8.46. The molecule has 0 unspecified atom stereocenters. The molecule has 0 saturated carbocycles. The van der Waals surface area contributed by atoms with E-state index in [1.54, 1.807) is 0 Å². The quantitative estimate of drug-likeness (QED) is 0.855. The number of ether oxygens (including phenoxy) is 1. The summed E-state index contributed by atoms with van der Waals surface area (Å²) >= 11 is 0. The number of fused-ring (bicyclic) bond motifs is 1. The van der Waals surface area contributed by atoms with Crippen molar-refractivity contribution in [1.82, 2.24) is 4.57 Å². The molecule has 0 amide bonds. The zero-order valence-electron chi connectivity index (χ0n) is 14.3. The fourth-order valence-electron chi connectivity index (χ4n) is 3.34. The van der Waals surface area contributed by atoms with Crippen LogP contribution < -0.4 is 5.73 Å². The van der Waals surface area contributed by atoms with Gasteiger partial charge in [0.05, 0.1) is 6.61 Å². The van der Waals surface area contributed by atoms with Crippen molar-refractivity contribution in [2.75, 3.05) is 6.61 Å². The maximum Gasteiger partial charge on any atom is 0.325 e. The highest BCUT2D eigenvalue weighted by Gasteiger charge is 2.17. The van der Waals surface area contributed by atoms with Crippen LogP contribution in [0.25, 0.3) is 10.9 Å². The zero-order chi connectivity index (χ0) is 17.1. The van der Waals surface area contributed by atoms with Gasteiger partial charge in [-0.2, -0.15) is 0 Å². The molecular weight excluding hydrogens is 300 g/mol. The molecule has 1 aromatic heterocycles. The van der Waals surface area contributed by atoms with Gasteiger partial charge in [-0.3, -0.25) is 4.79 Å². The third-order valence-corrected chi connectivity index (χ3v) is 4.63. The molecule has 1 aliphatic rings. The number of nitrogens with zero attached hydrogens (tertiary/aromatic N) is 1. The Morgan fingerprint density at radius 1 is 1.25 bits per heavy atom. The highest BCUT2D eigenvalue weighted by Crippen LogP contribution is 2.30. The van der Waals surface area contributed by atoms with Crippen LogP contribution in [0.4, 0.5) is 0 Å². The number of carbonyl (C=O) groups is 1. The van der Waals surface area contributed by atoms with E-state index in [0.717, 1.165) is 36.2 Å². The molecule has 0 atom stereocenters. The molecule has 2 N–H and O–H groups in total. The van der Waals surface area contributed by atoms with E-state index in [9.17, 15) is 4.79 Å². The Morgan fingerprint density at radius 3 is 2.75 bits per heavy atom. The van der Waals surface area contributed by atoms with E-state index >= 15 is 0 Å². The number of para-hydroxylation sites is 1. The lowest BCUT2D eigenvalue weighted by Gasteiger charge is -2.13. The Hall–Kier alpha value is -2.49. The fourth-order valence-corrected chi connectivity index (χ4v) is 3.34. The van der Waals surface area contributed by atoms with Gasteiger partial charge in [-0.15, -0.1) is 0 Å². The first kappa shape index (κ1) is 16.4. The number of allylic oxidation sites excluding steroid dienone is 4. The van der Waals surface area contributed by atoms with Gasteiger partial charge in [0.1, 0.15) is 6.54 Å². The van der Waals surface area contributed by atoms with E-state index in [1.165, 1.54) is 16.5 Å². The van der Waals surface area contributed by atoms with Crippen LogP contribution in [-0.4, -0.2) is 17.1 Å². The number of esters is 1. The molecule has 2 aromatic rings. The van der Waals surface area contributed by atoms with E-state index in [0.29, 0.717) is 6.61 Å². The van der Waals surface area contributed by atoms with Crippen molar-refractivity contribution in [3.8, 4) is 0 Å². The molecule has 0 radical (unpaired) electrons. The lowest BCUT2D eigenvalue weighted by atomic mass is 9.95. The summed E-state index contributed by atoms with van der Waals surface area (Å²) in [5.41, 5.74) is 11.7. The molecule has 0 fully saturated rings. The smallest absolute Gasteiger partial charge is 0.325 e. The molecule has 0 aliphatic heterocycles. The lowest BCUT2D eigenvalue weighted by molar-refractivity contribution is -0.143. The number of hydrogen-bond acceptors (Lipinski definition) is 3. The standard InChI is InChI=1S/C20H24N2O2/c1-3-24-20(23)13-22-14(2)18(17-6-4-5-7-19(17)22)12-15-8-10-16(21)11-9-15/h4-8,10H,3,9,11-13,21H2,1-2H3. The normalized spacial score (nSPS) is 14.4. The van der Waals surface area contributed by atoms with E-state index in [1.807, 2.05) is 25.1 Å². The van der Waals surface area contributed by atoms with Gasteiger partial charge in [0.25, 0.3) is 0 Å². The minimum Gasteiger partial charge on any atom is -0.465 e. The van der Waals surface area contributed by atoms with Crippen LogP contribution in [0.5, 0.6) is 0 Å². The predicted octanol–water partition coefficient (Wildman–Crippen LogP) is 3.62. The maximum absolute atomic E-state index is 12.0. The Balaban J connectivity index is 1.99. The van der Waals surface area contributed by atoms with Gasteiger partial charge in [-0.05, 0) is 50.8 Å². The molecule has 0 saturated heterocycles. The summed E-state index contributed by atoms with van der Waals surface area (Å²) < 4.78 is 7.19. The lowest BCUT2D eigenvalue weighted by Crippen LogP contribution is -2.14. The van der Waals surface area contributed by atoms with Crippen LogP contribution in [0.3, 0.4) is 0 Å². The molecule has 24 heavy (non-hydrogen) atoms. The SMILES string of the molecule is CCOC(=O)Cn1c(C)c(CC2=CC=C(N)CC2)c2ccccc21. The molecule has 0 spiro atoms. The van der Waals surface area contributed by atoms with Gasteiger partial charge in [0.2, 0.25) is 0 Å². The molecule has 1 aliphatic carbocycles. The van der Waals surface area contributed by atoms with Crippen LogP contribution >= 0.6 is 0 Å². The molecule has 4 heteroatoms. The number of carbonyl (C=O) groups excluding carboxylic acids is 1. The van der Waals surface area contributed by atoms with Gasteiger partial charge in [0.15, 0.2) is 0 Å². The molecule has 1 heterocycles. The number of aromatic nitrogens is 1. The molecule has 4 nitrogen and oxygen atoms in total. The van der Waals surface area contributed by atoms with Crippen LogP contribution in [0.2, 0.25) is 0 Å². The Morgan fingerprint density at radius 2 is 2.04 bits per heavy atom. The highest BCUT2D eigenvalue weighted by molar-refractivity contribution is 5.87. The van der Waals surface area contributed by atoms with Crippen molar-refractivity contribution in [1.29, 1.82) is 0 Å². The number of rotatable bonds is 5. The predicted molar refractivity (Wildman–Crippen MR) is 96.6 cm³/mol. The highest BCUT2D eigenvalue weighted by atomic mass is 16.5. The van der Waals surface area contributed by atoms with Crippen LogP contribution in [0, 0.1) is 6.92 Å². The summed E-state index contributed by atoms with van der Waals surface area (Å²) in [5, 5.41) is 1.21. The van der Waals surface area contributed by atoms with E-state index < -0.39 is 0 Å². The summed E-state index contributed by atoms with van der Waals surface area (Å²) in [6.45, 7) is 4.58. The van der Waals surface area contributed by atoms with Crippen molar-refractivity contribution in [3.63, 3.8) is 0 Å². The molecule has 3 rings (SSSR count). The Kier molecular flexibility index (Phi) is 4.74. The average molecular weight is 324 g/mol. The summed E-state index contributed by atoms with van der Waals surface area (Å²) in [5.74, 6) is -0.194. The van der Waals surface area contributed by atoms with Gasteiger partial charge in [-0.1, -0.05) is 29.8 Å². The van der Waals surface area contributed by atoms with Crippen LogP contribution in [-0.2, 0) is 22.5 Å². The van der Waals surface area contributed by atoms with Crippen molar-refractivity contribution >= 4 is 16.9 Å². The van der Waals surface area contributed by atoms with Gasteiger partial charge < -0.3 is 15.0 Å². The first-order chi connectivity index (χ1) is 11.6. The summed E-state index contributed by atoms with van der Waals surface area (Å²) in [6.07, 6.45) is 6.96. The first-order valence-corrected chi connectivity index (χ1v) is 8.46. The largest absolute Gasteiger partial charge is 0.465 e. The monoisotopic (exact) mass is 324 g/mol. The second-order valence-electron chi connectivity index (χ2n) is 6.22. The number of nitrogens with two attached hydrogens (primary N) is 1. The van der Waals surface area contributed by atoms with Crippen molar-refractivity contribution in [2.45, 2.75) is 39.7 Å². The van der Waals surface area contributed by atoms with Crippen LogP contribution in [0.1, 0.15) is 31.0 Å². The van der Waals surface area contributed by atoms with E-state index in [4.69, 9.17) is 10.5 Å². The minimum atomic E-state index is -0.194. The zero-order valence-corrected chi connectivity index (χ0v) is 14.3. The van der Waals surface area contributed by atoms with Gasteiger partial charge in [-0.25, -0.2) is 0 Å². The molecule has 1 aromatic carbocycles. The molecule has 126 valence electrons. The van der Waals surface area contributed by atoms with Crippen molar-refractivity contribution in [2.24, 2.45) is 5.73 Å². The third-order valence-electron chi connectivity index (χ3n) is 4.63. The van der Waals surface area contributed by atoms with Gasteiger partial charge >= 0.3 is 5.97 Å². The Bertz CT molecular complexity index is 828. The van der Waals surface area contributed by atoms with Crippen molar-refractivity contribution < 1.29 is 9.53 Å². The molecule has 0 bridgehead atoms. The minimum absolute atomic E-state index is 0.194. The van der Waals surface area contributed by atoms with E-state index in [2.05, 4.69) is 29.7 Å². The van der Waals surface area contributed by atoms with Gasteiger partial charge in [0, 0.05) is 22.3 Å². The number of hydrogen-bond donors (Lipinski definition) is 1. The summed E-state index contributed by atoms with van der Waals surface area (Å²) in [6, 6.07) is 8.26. The fraction of sp³-hybridized carbons (Fsp3) is 0.350. The third kappa shape index (κ3) is 3.23. The Labute approximate surface area is 142 Å². The average Bonchev–Trinajstić information content (AvgIpc) is 2.83. The van der Waals surface area contributed by atoms with E-state index in [-0.39, 0.29) is 12.5 Å². The molecular formula is C20H24N2O2. The summed E-state index contributed by atoms with van der Waals surface area (Å²) in [7, 11) is 0. The van der Waals surface area contributed by atoms with Crippen LogP contribution in [0.15, 0.2) is 47.7 Å². The summed E-state index contributed by atoms with van der Waals surface area (Å²) in [4.78, 5) is 12.0. The topological polar surface area (TPSA) is 57.2 Å². The van der Waals surface area contributed by atoms with Crippen molar-refractivity contribution in [3.05, 3.63) is 58.9 Å². The second kappa shape index (κ2) is 6.95.